The Morgan fingerprint density at radius 1 is 1.28 bits per heavy atom. The molecule has 1 aromatic rings. The van der Waals surface area contributed by atoms with Crippen molar-refractivity contribution >= 4 is 29.7 Å². The summed E-state index contributed by atoms with van der Waals surface area (Å²) in [7, 11) is 0. The molecule has 0 saturated heterocycles. The molecule has 3 saturated carbocycles. The molecule has 0 bridgehead atoms. The van der Waals surface area contributed by atoms with Crippen LogP contribution in [-0.4, -0.2) is 34.9 Å². The van der Waals surface area contributed by atoms with E-state index in [-0.39, 0.29) is 37.1 Å². The van der Waals surface area contributed by atoms with Gasteiger partial charge in [0.05, 0.1) is 0 Å². The lowest BCUT2D eigenvalue weighted by Gasteiger charge is -2.41. The molecule has 3 aliphatic carbocycles. The highest BCUT2D eigenvalue weighted by Gasteiger charge is 2.57. The van der Waals surface area contributed by atoms with E-state index in [2.05, 4.69) is 15.6 Å². The van der Waals surface area contributed by atoms with E-state index in [1.54, 1.807) is 11.6 Å². The van der Waals surface area contributed by atoms with Crippen LogP contribution in [0.2, 0.25) is 0 Å². The first-order valence-electron chi connectivity index (χ1n) is 8.81. The molecule has 1 amide bonds. The molecule has 3 fully saturated rings. The number of nitrogens with one attached hydrogen (secondary N) is 2. The summed E-state index contributed by atoms with van der Waals surface area (Å²) in [4.78, 5) is 16.5. The van der Waals surface area contributed by atoms with Crippen molar-refractivity contribution in [3.63, 3.8) is 0 Å². The molecule has 140 valence electrons. The fourth-order valence-corrected chi connectivity index (χ4v) is 4.47. The summed E-state index contributed by atoms with van der Waals surface area (Å²) in [5, 5.41) is 8.84. The Morgan fingerprint density at radius 2 is 2.00 bits per heavy atom. The van der Waals surface area contributed by atoms with Crippen LogP contribution in [0.1, 0.15) is 54.7 Å². The third-order valence-electron chi connectivity index (χ3n) is 5.73. The molecule has 8 heteroatoms. The van der Waals surface area contributed by atoms with Crippen molar-refractivity contribution in [2.24, 2.45) is 11.8 Å². The molecule has 1 aromatic heterocycles. The van der Waals surface area contributed by atoms with Gasteiger partial charge in [0.1, 0.15) is 0 Å². The Balaban J connectivity index is 0.00000182. The lowest BCUT2D eigenvalue weighted by Crippen LogP contribution is -2.55. The highest BCUT2D eigenvalue weighted by atomic mass is 35.5. The van der Waals surface area contributed by atoms with E-state index in [9.17, 15) is 13.6 Å². The molecule has 0 radical (unpaired) electrons. The van der Waals surface area contributed by atoms with Crippen LogP contribution in [-0.2, 0) is 0 Å². The largest absolute Gasteiger partial charge is 0.344 e. The standard InChI is InChI=1S/C17H23F2N3OS.ClH/c18-17(19)5-3-16(4-6-17,22-14(23)15-20-7-8-24-15)12-9-13(12)21-10-11-1-2-11;/h7-8,11-13,21H,1-6,9-10H2,(H,22,23);1H. The second-order valence-electron chi connectivity index (χ2n) is 7.60. The second kappa shape index (κ2) is 7.08. The number of thiazole rings is 1. The molecule has 3 aliphatic rings. The summed E-state index contributed by atoms with van der Waals surface area (Å²) in [6.45, 7) is 1.02. The van der Waals surface area contributed by atoms with E-state index < -0.39 is 11.5 Å². The van der Waals surface area contributed by atoms with Gasteiger partial charge in [0.15, 0.2) is 5.01 Å². The van der Waals surface area contributed by atoms with Crippen LogP contribution < -0.4 is 10.6 Å². The van der Waals surface area contributed by atoms with E-state index in [1.807, 2.05) is 0 Å². The topological polar surface area (TPSA) is 54.0 Å². The zero-order valence-corrected chi connectivity index (χ0v) is 15.6. The summed E-state index contributed by atoms with van der Waals surface area (Å²) in [5.41, 5.74) is -0.508. The first-order valence-corrected chi connectivity index (χ1v) is 9.69. The number of halogens is 3. The molecule has 1 heterocycles. The third-order valence-corrected chi connectivity index (χ3v) is 6.50. The quantitative estimate of drug-likeness (QED) is 0.778. The Labute approximate surface area is 156 Å². The molecular weight excluding hydrogens is 368 g/mol. The van der Waals surface area contributed by atoms with Crippen molar-refractivity contribution in [3.05, 3.63) is 16.6 Å². The average molecular weight is 392 g/mol. The predicted octanol–water partition coefficient (Wildman–Crippen LogP) is 3.63. The van der Waals surface area contributed by atoms with Gasteiger partial charge in [-0.1, -0.05) is 0 Å². The SMILES string of the molecule is Cl.O=C(NC1(C2CC2NCC2CC2)CCC(F)(F)CC1)c1nccs1. The first kappa shape index (κ1) is 19.0. The van der Waals surface area contributed by atoms with Gasteiger partial charge in [-0.15, -0.1) is 23.7 Å². The van der Waals surface area contributed by atoms with Gasteiger partial charge in [0.25, 0.3) is 5.91 Å². The number of amides is 1. The van der Waals surface area contributed by atoms with Gasteiger partial charge >= 0.3 is 0 Å². The van der Waals surface area contributed by atoms with Crippen LogP contribution in [0.4, 0.5) is 8.78 Å². The minimum Gasteiger partial charge on any atom is -0.344 e. The fraction of sp³-hybridized carbons (Fsp3) is 0.765. The van der Waals surface area contributed by atoms with E-state index >= 15 is 0 Å². The summed E-state index contributed by atoms with van der Waals surface area (Å²) in [6.07, 6.45) is 5.57. The van der Waals surface area contributed by atoms with Crippen molar-refractivity contribution in [3.8, 4) is 0 Å². The summed E-state index contributed by atoms with van der Waals surface area (Å²) in [6, 6.07) is 0.355. The van der Waals surface area contributed by atoms with E-state index in [0.29, 0.717) is 23.9 Å². The van der Waals surface area contributed by atoms with Crippen LogP contribution in [0.25, 0.3) is 0 Å². The van der Waals surface area contributed by atoms with Crippen LogP contribution in [0.5, 0.6) is 0 Å². The number of carbonyl (C=O) groups excluding carboxylic acids is 1. The Kier molecular flexibility index (Phi) is 5.38. The van der Waals surface area contributed by atoms with Gasteiger partial charge in [0.2, 0.25) is 5.92 Å². The van der Waals surface area contributed by atoms with Crippen LogP contribution in [0.15, 0.2) is 11.6 Å². The highest BCUT2D eigenvalue weighted by Crippen LogP contribution is 2.51. The molecular formula is C17H24ClF2N3OS. The minimum absolute atomic E-state index is 0. The van der Waals surface area contributed by atoms with Gasteiger partial charge in [-0.05, 0) is 50.5 Å². The summed E-state index contributed by atoms with van der Waals surface area (Å²) >= 11 is 1.29. The number of carbonyl (C=O) groups is 1. The van der Waals surface area contributed by atoms with Crippen LogP contribution in [0, 0.1) is 11.8 Å². The van der Waals surface area contributed by atoms with Crippen LogP contribution in [0.3, 0.4) is 0 Å². The molecule has 0 aliphatic heterocycles. The normalized spacial score (nSPS) is 29.5. The zero-order chi connectivity index (χ0) is 16.8. The van der Waals surface area contributed by atoms with Crippen molar-refractivity contribution in [1.29, 1.82) is 0 Å². The zero-order valence-electron chi connectivity index (χ0n) is 14.0. The van der Waals surface area contributed by atoms with E-state index in [0.717, 1.165) is 18.9 Å². The Hall–Kier alpha value is -0.790. The van der Waals surface area contributed by atoms with Gasteiger partial charge in [-0.2, -0.15) is 0 Å². The summed E-state index contributed by atoms with van der Waals surface area (Å²) < 4.78 is 27.3. The Bertz CT molecular complexity index is 599. The maximum atomic E-state index is 13.7. The van der Waals surface area contributed by atoms with Crippen molar-refractivity contribution in [2.45, 2.75) is 62.4 Å². The number of hydrogen-bond donors (Lipinski definition) is 2. The number of alkyl halides is 2. The van der Waals surface area contributed by atoms with Gasteiger partial charge < -0.3 is 10.6 Å². The first-order chi connectivity index (χ1) is 11.5. The van der Waals surface area contributed by atoms with E-state index in [1.165, 1.54) is 24.2 Å². The fourth-order valence-electron chi connectivity index (χ4n) is 3.94. The molecule has 2 N–H and O–H groups in total. The van der Waals surface area contributed by atoms with E-state index in [4.69, 9.17) is 0 Å². The minimum atomic E-state index is -2.60. The smallest absolute Gasteiger partial charge is 0.280 e. The van der Waals surface area contributed by atoms with Crippen molar-refractivity contribution in [1.82, 2.24) is 15.6 Å². The second-order valence-corrected chi connectivity index (χ2v) is 8.50. The average Bonchev–Trinajstić information content (AvgIpc) is 3.46. The monoisotopic (exact) mass is 391 g/mol. The van der Waals surface area contributed by atoms with Crippen molar-refractivity contribution < 1.29 is 13.6 Å². The molecule has 4 nitrogen and oxygen atoms in total. The molecule has 4 rings (SSSR count). The summed E-state index contributed by atoms with van der Waals surface area (Å²) in [5.74, 6) is -1.76. The van der Waals surface area contributed by atoms with Crippen LogP contribution >= 0.6 is 23.7 Å². The molecule has 2 unspecified atom stereocenters. The number of nitrogens with zero attached hydrogens (tertiary/aromatic N) is 1. The highest BCUT2D eigenvalue weighted by molar-refractivity contribution is 7.11. The number of rotatable bonds is 6. The third kappa shape index (κ3) is 4.31. The number of aromatic nitrogens is 1. The lowest BCUT2D eigenvalue weighted by molar-refractivity contribution is -0.0586. The van der Waals surface area contributed by atoms with Gasteiger partial charge in [-0.25, -0.2) is 13.8 Å². The van der Waals surface area contributed by atoms with Crippen molar-refractivity contribution in [2.75, 3.05) is 6.54 Å². The molecule has 2 atom stereocenters. The Morgan fingerprint density at radius 3 is 2.60 bits per heavy atom. The van der Waals surface area contributed by atoms with Gasteiger partial charge in [0, 0.05) is 36.0 Å². The molecule has 0 spiro atoms. The predicted molar refractivity (Wildman–Crippen MR) is 95.6 cm³/mol. The molecule has 25 heavy (non-hydrogen) atoms. The van der Waals surface area contributed by atoms with Gasteiger partial charge in [-0.3, -0.25) is 4.79 Å². The molecule has 0 aromatic carbocycles. The number of hydrogen-bond acceptors (Lipinski definition) is 4. The maximum Gasteiger partial charge on any atom is 0.280 e. The maximum absolute atomic E-state index is 13.7. The lowest BCUT2D eigenvalue weighted by atomic mass is 9.76.